The summed E-state index contributed by atoms with van der Waals surface area (Å²) in [6, 6.07) is 78.4. The van der Waals surface area contributed by atoms with Crippen LogP contribution < -0.4 is 10.1 Å². The first kappa shape index (κ1) is 36.0. The van der Waals surface area contributed by atoms with E-state index in [9.17, 15) is 0 Å². The van der Waals surface area contributed by atoms with Crippen LogP contribution in [-0.4, -0.2) is 12.1 Å². The number of rotatable bonds is 8. The van der Waals surface area contributed by atoms with E-state index >= 15 is 0 Å². The molecule has 278 valence electrons. The van der Waals surface area contributed by atoms with Crippen molar-refractivity contribution in [1.29, 1.82) is 0 Å². The Hall–Kier alpha value is -7.62. The number of para-hydroxylation sites is 3. The van der Waals surface area contributed by atoms with Crippen LogP contribution in [0, 0.1) is 0 Å². The van der Waals surface area contributed by atoms with Gasteiger partial charge in [-0.3, -0.25) is 0 Å². The van der Waals surface area contributed by atoms with Crippen molar-refractivity contribution < 1.29 is 4.74 Å². The summed E-state index contributed by atoms with van der Waals surface area (Å²) in [5.41, 5.74) is 16.4. The minimum Gasteiger partial charge on any atom is -0.496 e. The van der Waals surface area contributed by atoms with Crippen molar-refractivity contribution >= 4 is 33.2 Å². The van der Waals surface area contributed by atoms with Gasteiger partial charge in [0.15, 0.2) is 0 Å². The molecule has 3 nitrogen and oxygen atoms in total. The standard InChI is InChI=1S/C30H22N2.C25H20O/c1-2-9-21(10-3-1)22-17-19-23(20-18-22)31-28-15-6-4-11-24(28)26-13-8-14-27-25-12-5-7-16-29(25)32-30(26)27;1-26-24-14-8-13-23(21-11-6-3-7-12-21)25(24)22-17-15-20(16-18-22)19-9-4-2-5-10-19/h1-20,31-32H;2-18H,1H3. The van der Waals surface area contributed by atoms with Crippen molar-refractivity contribution in [1.82, 2.24) is 4.98 Å². The van der Waals surface area contributed by atoms with Gasteiger partial charge >= 0.3 is 0 Å². The maximum absolute atomic E-state index is 5.68. The predicted molar refractivity (Wildman–Crippen MR) is 246 cm³/mol. The fraction of sp³-hybridized carbons (Fsp3) is 0.0182. The Labute approximate surface area is 339 Å². The number of methoxy groups -OCH3 is 1. The molecule has 0 spiro atoms. The van der Waals surface area contributed by atoms with Crippen LogP contribution in [0.15, 0.2) is 224 Å². The van der Waals surface area contributed by atoms with Crippen molar-refractivity contribution in [3.05, 3.63) is 224 Å². The molecule has 0 unspecified atom stereocenters. The van der Waals surface area contributed by atoms with Gasteiger partial charge in [0.05, 0.1) is 12.6 Å². The van der Waals surface area contributed by atoms with E-state index < -0.39 is 0 Å². The quantitative estimate of drug-likeness (QED) is 0.162. The number of hydrogen-bond donors (Lipinski definition) is 2. The van der Waals surface area contributed by atoms with E-state index in [0.717, 1.165) is 33.8 Å². The molecule has 10 rings (SSSR count). The molecule has 0 aliphatic rings. The van der Waals surface area contributed by atoms with Gasteiger partial charge in [0.2, 0.25) is 0 Å². The van der Waals surface area contributed by atoms with Crippen molar-refractivity contribution in [2.45, 2.75) is 0 Å². The first-order chi connectivity index (χ1) is 28.7. The Morgan fingerprint density at radius 3 is 1.52 bits per heavy atom. The topological polar surface area (TPSA) is 37.0 Å². The molecule has 0 fully saturated rings. The number of aromatic nitrogens is 1. The fourth-order valence-electron chi connectivity index (χ4n) is 7.77. The lowest BCUT2D eigenvalue weighted by Crippen LogP contribution is -1.94. The van der Waals surface area contributed by atoms with Crippen LogP contribution >= 0.6 is 0 Å². The van der Waals surface area contributed by atoms with E-state index in [1.165, 1.54) is 60.8 Å². The number of ether oxygens (including phenoxy) is 1. The lowest BCUT2D eigenvalue weighted by atomic mass is 9.92. The molecule has 10 aromatic rings. The smallest absolute Gasteiger partial charge is 0.127 e. The van der Waals surface area contributed by atoms with E-state index in [-0.39, 0.29) is 0 Å². The summed E-state index contributed by atoms with van der Waals surface area (Å²) in [6.45, 7) is 0. The van der Waals surface area contributed by atoms with Gasteiger partial charge in [-0.1, -0.05) is 194 Å². The normalized spacial score (nSPS) is 10.8. The minimum absolute atomic E-state index is 0.888. The summed E-state index contributed by atoms with van der Waals surface area (Å²) >= 11 is 0. The highest BCUT2D eigenvalue weighted by molar-refractivity contribution is 6.12. The third-order valence-corrected chi connectivity index (χ3v) is 10.6. The SMILES string of the molecule is COc1cccc(-c2ccccc2)c1-c1ccc(-c2ccccc2)cc1.c1ccc(-c2ccc(Nc3ccccc3-c3cccc4c3[nH]c3ccccc34)cc2)cc1. The zero-order chi connectivity index (χ0) is 39.1. The average molecular weight is 747 g/mol. The molecule has 3 heteroatoms. The minimum atomic E-state index is 0.888. The Balaban J connectivity index is 0.000000154. The molecule has 1 aromatic heterocycles. The van der Waals surface area contributed by atoms with Crippen LogP contribution in [-0.2, 0) is 0 Å². The second-order valence-corrected chi connectivity index (χ2v) is 14.2. The molecule has 0 saturated carbocycles. The Morgan fingerprint density at radius 2 is 0.845 bits per heavy atom. The van der Waals surface area contributed by atoms with Crippen molar-refractivity contribution in [3.63, 3.8) is 0 Å². The Morgan fingerprint density at radius 1 is 0.362 bits per heavy atom. The van der Waals surface area contributed by atoms with Gasteiger partial charge < -0.3 is 15.0 Å². The average Bonchev–Trinajstić information content (AvgIpc) is 3.70. The number of nitrogens with one attached hydrogen (secondary N) is 2. The van der Waals surface area contributed by atoms with E-state index in [0.29, 0.717) is 0 Å². The summed E-state index contributed by atoms with van der Waals surface area (Å²) in [5.74, 6) is 0.888. The van der Waals surface area contributed by atoms with Crippen LogP contribution in [0.3, 0.4) is 0 Å². The molecule has 0 aliphatic carbocycles. The molecule has 9 aromatic carbocycles. The second kappa shape index (κ2) is 16.6. The summed E-state index contributed by atoms with van der Waals surface area (Å²) in [7, 11) is 1.73. The summed E-state index contributed by atoms with van der Waals surface area (Å²) in [4.78, 5) is 3.63. The van der Waals surface area contributed by atoms with Crippen LogP contribution in [0.4, 0.5) is 11.4 Å². The van der Waals surface area contributed by atoms with E-state index in [2.05, 4.69) is 204 Å². The second-order valence-electron chi connectivity index (χ2n) is 14.2. The van der Waals surface area contributed by atoms with Gasteiger partial charge in [0.25, 0.3) is 0 Å². The number of aromatic amines is 1. The molecular weight excluding hydrogens is 705 g/mol. The molecule has 1 heterocycles. The largest absolute Gasteiger partial charge is 0.496 e. The Bertz CT molecular complexity index is 2920. The number of anilines is 2. The fourth-order valence-corrected chi connectivity index (χ4v) is 7.77. The number of H-pyrrole nitrogens is 1. The molecule has 2 N–H and O–H groups in total. The molecule has 0 bridgehead atoms. The zero-order valence-corrected chi connectivity index (χ0v) is 32.3. The molecule has 0 radical (unpaired) electrons. The van der Waals surface area contributed by atoms with E-state index in [1.54, 1.807) is 7.11 Å². The van der Waals surface area contributed by atoms with Gasteiger partial charge in [0, 0.05) is 44.4 Å². The molecule has 0 aliphatic heterocycles. The third-order valence-electron chi connectivity index (χ3n) is 10.6. The van der Waals surface area contributed by atoms with Gasteiger partial charge in [-0.05, 0) is 69.3 Å². The third kappa shape index (κ3) is 7.49. The van der Waals surface area contributed by atoms with E-state index in [1.807, 2.05) is 30.3 Å². The monoisotopic (exact) mass is 746 g/mol. The lowest BCUT2D eigenvalue weighted by Gasteiger charge is -2.15. The molecule has 0 amide bonds. The van der Waals surface area contributed by atoms with Crippen LogP contribution in [0.1, 0.15) is 0 Å². The molecular formula is C55H42N2O. The van der Waals surface area contributed by atoms with Crippen molar-refractivity contribution in [2.24, 2.45) is 0 Å². The van der Waals surface area contributed by atoms with E-state index in [4.69, 9.17) is 4.74 Å². The summed E-state index contributed by atoms with van der Waals surface area (Å²) in [6.07, 6.45) is 0. The number of fused-ring (bicyclic) bond motifs is 3. The number of hydrogen-bond acceptors (Lipinski definition) is 2. The summed E-state index contributed by atoms with van der Waals surface area (Å²) in [5, 5.41) is 6.14. The highest BCUT2D eigenvalue weighted by Gasteiger charge is 2.14. The van der Waals surface area contributed by atoms with Crippen LogP contribution in [0.25, 0.3) is 77.4 Å². The first-order valence-electron chi connectivity index (χ1n) is 19.6. The summed E-state index contributed by atoms with van der Waals surface area (Å²) < 4.78 is 5.68. The first-order valence-corrected chi connectivity index (χ1v) is 19.6. The van der Waals surface area contributed by atoms with Crippen LogP contribution in [0.2, 0.25) is 0 Å². The van der Waals surface area contributed by atoms with Gasteiger partial charge in [0.1, 0.15) is 5.75 Å². The van der Waals surface area contributed by atoms with Gasteiger partial charge in [-0.15, -0.1) is 0 Å². The Kier molecular flexibility index (Phi) is 10.3. The van der Waals surface area contributed by atoms with Gasteiger partial charge in [-0.2, -0.15) is 0 Å². The lowest BCUT2D eigenvalue weighted by molar-refractivity contribution is 0.416. The zero-order valence-electron chi connectivity index (χ0n) is 32.3. The predicted octanol–water partition coefficient (Wildman–Crippen LogP) is 15.1. The molecule has 0 saturated heterocycles. The van der Waals surface area contributed by atoms with Crippen LogP contribution in [0.5, 0.6) is 5.75 Å². The maximum Gasteiger partial charge on any atom is 0.127 e. The highest BCUT2D eigenvalue weighted by Crippen LogP contribution is 2.40. The van der Waals surface area contributed by atoms with Crippen molar-refractivity contribution in [2.75, 3.05) is 12.4 Å². The van der Waals surface area contributed by atoms with Gasteiger partial charge in [-0.25, -0.2) is 0 Å². The maximum atomic E-state index is 5.68. The highest BCUT2D eigenvalue weighted by atomic mass is 16.5. The van der Waals surface area contributed by atoms with Crippen molar-refractivity contribution in [3.8, 4) is 61.4 Å². The molecule has 58 heavy (non-hydrogen) atoms. The number of benzene rings is 9. The molecule has 0 atom stereocenters.